The summed E-state index contributed by atoms with van der Waals surface area (Å²) in [6.45, 7) is 2.53. The lowest BCUT2D eigenvalue weighted by atomic mass is 10.0. The standard InChI is InChI=1S/C19H18BrN5O/c1-12-3-2-4-13(9-12)18-23-19-22-16(10-17(26)25(19)24-18)11-21-15-7-5-14(20)6-8-15/h3,5-10,21H,2,4,11H2,1H3,(H,22,23,24). The molecule has 1 aromatic carbocycles. The Morgan fingerprint density at radius 2 is 2.08 bits per heavy atom. The Bertz CT molecular complexity index is 1080. The van der Waals surface area contributed by atoms with E-state index in [0.29, 0.717) is 23.8 Å². The van der Waals surface area contributed by atoms with Crippen molar-refractivity contribution in [2.24, 2.45) is 0 Å². The number of benzene rings is 1. The van der Waals surface area contributed by atoms with Crippen molar-refractivity contribution in [3.05, 3.63) is 74.4 Å². The third-order valence-corrected chi connectivity index (χ3v) is 4.82. The Hall–Kier alpha value is -2.67. The van der Waals surface area contributed by atoms with Crippen LogP contribution < -0.4 is 10.9 Å². The highest BCUT2D eigenvalue weighted by Gasteiger charge is 2.13. The number of nitrogens with one attached hydrogen (secondary N) is 2. The number of allylic oxidation sites excluding steroid dienone is 4. The fourth-order valence-electron chi connectivity index (χ4n) is 2.97. The van der Waals surface area contributed by atoms with Crippen molar-refractivity contribution in [3.8, 4) is 0 Å². The van der Waals surface area contributed by atoms with Crippen molar-refractivity contribution in [3.63, 3.8) is 0 Å². The highest BCUT2D eigenvalue weighted by Crippen LogP contribution is 2.24. The normalized spacial score (nSPS) is 14.2. The minimum absolute atomic E-state index is 0.162. The molecule has 0 saturated carbocycles. The predicted molar refractivity (Wildman–Crippen MR) is 106 cm³/mol. The number of hydrogen-bond acceptors (Lipinski definition) is 4. The number of rotatable bonds is 4. The number of H-pyrrole nitrogens is 1. The molecule has 26 heavy (non-hydrogen) atoms. The topological polar surface area (TPSA) is 75.1 Å². The van der Waals surface area contributed by atoms with Crippen LogP contribution in [0.25, 0.3) is 11.4 Å². The summed E-state index contributed by atoms with van der Waals surface area (Å²) < 4.78 is 2.42. The number of anilines is 1. The van der Waals surface area contributed by atoms with Gasteiger partial charge in [0.15, 0.2) is 5.82 Å². The molecule has 0 amide bonds. The third-order valence-electron chi connectivity index (χ3n) is 4.29. The van der Waals surface area contributed by atoms with Crippen molar-refractivity contribution in [2.75, 3.05) is 5.32 Å². The summed E-state index contributed by atoms with van der Waals surface area (Å²) >= 11 is 3.41. The quantitative estimate of drug-likeness (QED) is 0.681. The lowest BCUT2D eigenvalue weighted by molar-refractivity contribution is 0.867. The molecule has 0 fully saturated rings. The SMILES string of the molecule is CC1=CCCC(c2nc3nc(CNc4ccc(Br)cc4)cc(=O)n3[nH]2)=C1. The van der Waals surface area contributed by atoms with E-state index < -0.39 is 0 Å². The highest BCUT2D eigenvalue weighted by molar-refractivity contribution is 9.10. The van der Waals surface area contributed by atoms with Gasteiger partial charge in [-0.2, -0.15) is 9.50 Å². The first kappa shape index (κ1) is 16.8. The van der Waals surface area contributed by atoms with E-state index in [1.807, 2.05) is 24.3 Å². The zero-order valence-electron chi connectivity index (χ0n) is 14.3. The molecule has 0 atom stereocenters. The van der Waals surface area contributed by atoms with E-state index in [1.165, 1.54) is 16.2 Å². The molecule has 7 heteroatoms. The summed E-state index contributed by atoms with van der Waals surface area (Å²) in [4.78, 5) is 21.4. The van der Waals surface area contributed by atoms with Gasteiger partial charge >= 0.3 is 0 Å². The maximum absolute atomic E-state index is 12.4. The monoisotopic (exact) mass is 411 g/mol. The summed E-state index contributed by atoms with van der Waals surface area (Å²) in [5.74, 6) is 1.10. The molecule has 4 rings (SSSR count). The number of fused-ring (bicyclic) bond motifs is 1. The second-order valence-electron chi connectivity index (χ2n) is 6.31. The van der Waals surface area contributed by atoms with E-state index in [2.05, 4.69) is 55.4 Å². The van der Waals surface area contributed by atoms with Gasteiger partial charge in [0.1, 0.15) is 0 Å². The van der Waals surface area contributed by atoms with Crippen LogP contribution in [0.15, 0.2) is 57.3 Å². The van der Waals surface area contributed by atoms with Crippen LogP contribution in [0.3, 0.4) is 0 Å². The summed E-state index contributed by atoms with van der Waals surface area (Å²) in [5, 5.41) is 6.34. The molecule has 2 aromatic heterocycles. The first-order valence-corrected chi connectivity index (χ1v) is 9.24. The highest BCUT2D eigenvalue weighted by atomic mass is 79.9. The summed E-state index contributed by atoms with van der Waals surface area (Å²) in [6.07, 6.45) is 6.19. The van der Waals surface area contributed by atoms with Gasteiger partial charge in [0.05, 0.1) is 12.2 Å². The number of hydrogen-bond donors (Lipinski definition) is 2. The maximum atomic E-state index is 12.4. The molecule has 1 aliphatic rings. The lowest BCUT2D eigenvalue weighted by Crippen LogP contribution is -2.17. The van der Waals surface area contributed by atoms with Crippen LogP contribution >= 0.6 is 15.9 Å². The fraction of sp³-hybridized carbons (Fsp3) is 0.211. The van der Waals surface area contributed by atoms with Crippen LogP contribution in [-0.2, 0) is 6.54 Å². The molecule has 2 N–H and O–H groups in total. The number of nitrogens with zero attached hydrogens (tertiary/aromatic N) is 3. The molecule has 0 bridgehead atoms. The van der Waals surface area contributed by atoms with Crippen LogP contribution in [0.5, 0.6) is 0 Å². The first-order valence-electron chi connectivity index (χ1n) is 8.44. The lowest BCUT2D eigenvalue weighted by Gasteiger charge is -2.08. The summed E-state index contributed by atoms with van der Waals surface area (Å²) in [7, 11) is 0. The Kier molecular flexibility index (Phi) is 4.46. The summed E-state index contributed by atoms with van der Waals surface area (Å²) in [6, 6.07) is 9.38. The molecule has 0 aliphatic heterocycles. The number of aromatic nitrogens is 4. The molecule has 0 radical (unpaired) electrons. The average molecular weight is 412 g/mol. The van der Waals surface area contributed by atoms with Crippen molar-refractivity contribution in [1.29, 1.82) is 0 Å². The van der Waals surface area contributed by atoms with E-state index >= 15 is 0 Å². The molecule has 0 saturated heterocycles. The van der Waals surface area contributed by atoms with E-state index in [1.54, 1.807) is 0 Å². The first-order chi connectivity index (χ1) is 12.6. The van der Waals surface area contributed by atoms with Gasteiger partial charge in [-0.3, -0.25) is 9.89 Å². The van der Waals surface area contributed by atoms with Crippen LogP contribution in [0.1, 0.15) is 31.3 Å². The minimum Gasteiger partial charge on any atom is -0.379 e. The predicted octanol–water partition coefficient (Wildman–Crippen LogP) is 3.92. The van der Waals surface area contributed by atoms with Gasteiger partial charge in [-0.1, -0.05) is 33.7 Å². The zero-order valence-corrected chi connectivity index (χ0v) is 15.9. The van der Waals surface area contributed by atoms with Gasteiger partial charge in [0.25, 0.3) is 11.3 Å². The second-order valence-corrected chi connectivity index (χ2v) is 7.23. The van der Waals surface area contributed by atoms with Crippen molar-refractivity contribution < 1.29 is 0 Å². The zero-order chi connectivity index (χ0) is 18.1. The van der Waals surface area contributed by atoms with Crippen molar-refractivity contribution in [1.82, 2.24) is 19.6 Å². The average Bonchev–Trinajstić information content (AvgIpc) is 3.06. The van der Waals surface area contributed by atoms with E-state index in [0.717, 1.165) is 28.6 Å². The van der Waals surface area contributed by atoms with Gasteiger partial charge in [-0.15, -0.1) is 0 Å². The van der Waals surface area contributed by atoms with Crippen molar-refractivity contribution in [2.45, 2.75) is 26.3 Å². The van der Waals surface area contributed by atoms with E-state index in [-0.39, 0.29) is 5.56 Å². The molecule has 3 aromatic rings. The number of aromatic amines is 1. The van der Waals surface area contributed by atoms with Gasteiger partial charge in [-0.05, 0) is 49.6 Å². The van der Waals surface area contributed by atoms with Crippen LogP contribution in [0, 0.1) is 0 Å². The molecule has 2 heterocycles. The van der Waals surface area contributed by atoms with Crippen molar-refractivity contribution >= 4 is 33.0 Å². The minimum atomic E-state index is -0.162. The molecule has 0 spiro atoms. The maximum Gasteiger partial charge on any atom is 0.274 e. The Morgan fingerprint density at radius 3 is 2.85 bits per heavy atom. The molecule has 1 aliphatic carbocycles. The Labute approximate surface area is 158 Å². The van der Waals surface area contributed by atoms with Gasteiger partial charge in [0.2, 0.25) is 0 Å². The molecule has 132 valence electrons. The molecule has 6 nitrogen and oxygen atoms in total. The fourth-order valence-corrected chi connectivity index (χ4v) is 3.23. The Morgan fingerprint density at radius 1 is 1.27 bits per heavy atom. The molecular weight excluding hydrogens is 394 g/mol. The van der Waals surface area contributed by atoms with Crippen LogP contribution in [0.2, 0.25) is 0 Å². The van der Waals surface area contributed by atoms with E-state index in [9.17, 15) is 4.79 Å². The molecule has 0 unspecified atom stereocenters. The van der Waals surface area contributed by atoms with Crippen LogP contribution in [-0.4, -0.2) is 19.6 Å². The van der Waals surface area contributed by atoms with Crippen LogP contribution in [0.4, 0.5) is 5.69 Å². The van der Waals surface area contributed by atoms with Gasteiger partial charge in [-0.25, -0.2) is 4.98 Å². The molecular formula is C19H18BrN5O. The van der Waals surface area contributed by atoms with Gasteiger partial charge in [0, 0.05) is 16.2 Å². The Balaban J connectivity index is 1.61. The largest absolute Gasteiger partial charge is 0.379 e. The van der Waals surface area contributed by atoms with Gasteiger partial charge < -0.3 is 5.32 Å². The van der Waals surface area contributed by atoms with E-state index in [4.69, 9.17) is 0 Å². The third kappa shape index (κ3) is 3.48. The summed E-state index contributed by atoms with van der Waals surface area (Å²) in [5.41, 5.74) is 3.78. The smallest absolute Gasteiger partial charge is 0.274 e. The second kappa shape index (κ2) is 6.92. The number of halogens is 1.